The van der Waals surface area contributed by atoms with Crippen LogP contribution < -0.4 is 0 Å². The van der Waals surface area contributed by atoms with Gasteiger partial charge in [0.2, 0.25) is 0 Å². The lowest BCUT2D eigenvalue weighted by molar-refractivity contribution is -0.404. The lowest BCUT2D eigenvalue weighted by Gasteiger charge is -2.50. The second-order valence-corrected chi connectivity index (χ2v) is 18.4. The summed E-state index contributed by atoms with van der Waals surface area (Å²) < 4.78 is 81.2. The molecule has 12 saturated heterocycles. The Balaban J connectivity index is 1.18. The van der Waals surface area contributed by atoms with E-state index in [1.54, 1.807) is 0 Å². The number of Topliss-reactive ketones (excluding diaryl/α,β-unsaturated/α-hetero) is 1. The number of hydrogen-bond donors (Lipinski definition) is 16. The van der Waals surface area contributed by atoms with Crippen molar-refractivity contribution in [1.29, 1.82) is 0 Å². The molecule has 410 valence electrons. The van der Waals surface area contributed by atoms with Crippen LogP contribution in [0.4, 0.5) is 0 Å². The normalized spacial score (nSPS) is 53.9. The van der Waals surface area contributed by atoms with Gasteiger partial charge in [-0.15, -0.1) is 0 Å². The van der Waals surface area contributed by atoms with Crippen molar-refractivity contribution in [2.45, 2.75) is 191 Å². The average Bonchev–Trinajstić information content (AvgIpc) is 3.35. The fourth-order valence-corrected chi connectivity index (χ4v) is 9.65. The molecule has 30 atom stereocenters. The molecule has 0 unspecified atom stereocenters. The number of aliphatic hydroxyl groups excluding tert-OH is 16. The van der Waals surface area contributed by atoms with Crippen LogP contribution in [0.2, 0.25) is 0 Å². The molecular weight excluding hydrogens is 976 g/mol. The van der Waals surface area contributed by atoms with E-state index in [4.69, 9.17) is 66.3 Å². The summed E-state index contributed by atoms with van der Waals surface area (Å²) in [5.41, 5.74) is 0. The highest BCUT2D eigenvalue weighted by Crippen LogP contribution is 2.38. The molecule has 12 bridgehead atoms. The summed E-state index contributed by atoms with van der Waals surface area (Å²) in [6.07, 6.45) is -58.7. The predicted octanol–water partition coefficient (Wildman–Crippen LogP) is -12.0. The topological polar surface area (TPSA) is 470 Å². The molecule has 0 amide bonds. The van der Waals surface area contributed by atoms with Crippen LogP contribution in [-0.4, -0.2) is 325 Å². The zero-order valence-electron chi connectivity index (χ0n) is 37.5. The van der Waals surface area contributed by atoms with Gasteiger partial charge in [-0.05, 0) is 0 Å². The SMILES string of the molecule is O=C1CCOC[C@H]2O[C@@H]3O[C@H]4[C@H](O)[C@@H](O)[C@@H](O[C@H]5[C@H](O)[C@@H](O)[C@@H](O[C@H]6[C@H](O)[C@@H](O)[C@@H](O[C@H]7[C@H](O)[C@@H](O)[C@@H](O[C@H]8[C@H](O)[C@@H](O)[C@@H](O[C@H]2[C@H](O)[C@H]3O)O[C@@H]8CO)O[C@@H]7CO)O[C@@H]6COC1)O[C@@H]5CO)O[C@@H]4CO. The van der Waals surface area contributed by atoms with Gasteiger partial charge in [0.1, 0.15) is 153 Å². The maximum Gasteiger partial charge on any atom is 0.187 e. The quantitative estimate of drug-likeness (QED) is 0.124. The van der Waals surface area contributed by atoms with Gasteiger partial charge < -0.3 is 148 Å². The molecular formula is C40H64O31. The van der Waals surface area contributed by atoms with Gasteiger partial charge in [0.25, 0.3) is 0 Å². The lowest BCUT2D eigenvalue weighted by Crippen LogP contribution is -2.69. The van der Waals surface area contributed by atoms with Crippen molar-refractivity contribution in [3.05, 3.63) is 0 Å². The van der Waals surface area contributed by atoms with E-state index >= 15 is 0 Å². The van der Waals surface area contributed by atoms with Gasteiger partial charge in [-0.25, -0.2) is 0 Å². The molecule has 12 heterocycles. The Labute approximate surface area is 401 Å². The first kappa shape index (κ1) is 55.7. The summed E-state index contributed by atoms with van der Waals surface area (Å²) >= 11 is 0. The predicted molar refractivity (Wildman–Crippen MR) is 213 cm³/mol. The third kappa shape index (κ3) is 11.3. The van der Waals surface area contributed by atoms with Crippen molar-refractivity contribution in [3.63, 3.8) is 0 Å². The highest BCUT2D eigenvalue weighted by molar-refractivity contribution is 5.79. The summed E-state index contributed by atoms with van der Waals surface area (Å²) in [7, 11) is 0. The van der Waals surface area contributed by atoms with Gasteiger partial charge in [0.05, 0.1) is 46.2 Å². The number of carbonyl (C=O) groups is 1. The van der Waals surface area contributed by atoms with E-state index in [0.717, 1.165) is 0 Å². The highest BCUT2D eigenvalue weighted by atomic mass is 16.8. The van der Waals surface area contributed by atoms with E-state index < -0.39 is 236 Å². The minimum absolute atomic E-state index is 0.377. The number of fused-ring (bicyclic) bond motifs is 4. The highest BCUT2D eigenvalue weighted by Gasteiger charge is 2.59. The molecule has 0 aromatic rings. The fourth-order valence-electron chi connectivity index (χ4n) is 9.65. The molecule has 0 aromatic carbocycles. The number of rotatable bonds is 4. The molecule has 31 nitrogen and oxygen atoms in total. The third-order valence-corrected chi connectivity index (χ3v) is 13.7. The molecule has 71 heavy (non-hydrogen) atoms. The van der Waals surface area contributed by atoms with Crippen molar-refractivity contribution in [2.24, 2.45) is 0 Å². The summed E-state index contributed by atoms with van der Waals surface area (Å²) in [6, 6.07) is 0. The summed E-state index contributed by atoms with van der Waals surface area (Å²) in [6.45, 7) is -6.32. The molecule has 0 aromatic heterocycles. The zero-order chi connectivity index (χ0) is 51.2. The zero-order valence-corrected chi connectivity index (χ0v) is 37.5. The molecule has 0 radical (unpaired) electrons. The van der Waals surface area contributed by atoms with E-state index in [2.05, 4.69) is 0 Å². The van der Waals surface area contributed by atoms with Crippen LogP contribution in [0.25, 0.3) is 0 Å². The van der Waals surface area contributed by atoms with Gasteiger partial charge in [0.15, 0.2) is 43.5 Å². The van der Waals surface area contributed by atoms with Gasteiger partial charge in [-0.3, -0.25) is 4.79 Å². The number of carbonyl (C=O) groups excluding carboxylic acids is 1. The monoisotopic (exact) mass is 1040 g/mol. The molecule has 12 rings (SSSR count). The Morgan fingerprint density at radius 2 is 0.577 bits per heavy atom. The number of aliphatic hydroxyl groups is 16. The van der Waals surface area contributed by atoms with E-state index in [9.17, 15) is 86.5 Å². The molecule has 0 aliphatic carbocycles. The fraction of sp³-hybridized carbons (Fsp3) is 0.975. The third-order valence-electron chi connectivity index (χ3n) is 13.7. The van der Waals surface area contributed by atoms with Crippen LogP contribution in [0.1, 0.15) is 6.42 Å². The standard InChI is InChI=1S/C40H64O31/c41-3-11-29-19(48)25(54)37(62-11)70-33-15-8-58-2-1-10(45)7-59-9-16-34(22(51)28(57)40(65-16)69-32-14(6-44)61-36(66-29)24(53)18(32)47)71-38-26(55)20(49)30(12(4-42)63-38)67-35-23(52)17(46)31(13(5-43)60-35)68-39(64-15)27(56)21(33)50/h11-44,46-57H,1-9H2/t11-,12-,13-,14-,15-,16-,17-,18-,19-,20-,21-,22-,23-,24-,25-,26-,27-,28-,29-,30-,31-,32-,33-,34-,35-,36-,37-,38-,39-,40-/m1/s1. The average molecular weight is 1040 g/mol. The van der Waals surface area contributed by atoms with Crippen molar-refractivity contribution in [3.8, 4) is 0 Å². The molecule has 12 fully saturated rings. The number of hydrogen-bond acceptors (Lipinski definition) is 31. The molecule has 12 aliphatic heterocycles. The largest absolute Gasteiger partial charge is 0.394 e. The lowest BCUT2D eigenvalue weighted by atomic mass is 9.94. The maximum atomic E-state index is 13.1. The molecule has 31 heteroatoms. The van der Waals surface area contributed by atoms with E-state index in [1.165, 1.54) is 0 Å². The summed E-state index contributed by atoms with van der Waals surface area (Å²) in [4.78, 5) is 13.1. The molecule has 0 saturated carbocycles. The Morgan fingerprint density at radius 3 is 0.873 bits per heavy atom. The van der Waals surface area contributed by atoms with E-state index in [-0.39, 0.29) is 13.0 Å². The van der Waals surface area contributed by atoms with Crippen LogP contribution in [0.15, 0.2) is 0 Å². The van der Waals surface area contributed by atoms with Crippen LogP contribution in [0.3, 0.4) is 0 Å². The van der Waals surface area contributed by atoms with Crippen molar-refractivity contribution >= 4 is 5.78 Å². The van der Waals surface area contributed by atoms with E-state index in [1.807, 2.05) is 0 Å². The van der Waals surface area contributed by atoms with Crippen LogP contribution in [0.5, 0.6) is 0 Å². The first-order chi connectivity index (χ1) is 33.9. The first-order valence-corrected chi connectivity index (χ1v) is 23.0. The summed E-state index contributed by atoms with van der Waals surface area (Å²) in [5, 5.41) is 178. The summed E-state index contributed by atoms with van der Waals surface area (Å²) in [5.74, 6) is -0.620. The van der Waals surface area contributed by atoms with Crippen LogP contribution in [0, 0.1) is 0 Å². The Kier molecular flexibility index (Phi) is 18.7. The second kappa shape index (κ2) is 23.8. The minimum Gasteiger partial charge on any atom is -0.394 e. The van der Waals surface area contributed by atoms with Gasteiger partial charge in [0, 0.05) is 6.42 Å². The van der Waals surface area contributed by atoms with Gasteiger partial charge in [-0.2, -0.15) is 0 Å². The first-order valence-electron chi connectivity index (χ1n) is 23.0. The van der Waals surface area contributed by atoms with Crippen molar-refractivity contribution in [1.82, 2.24) is 0 Å². The molecule has 0 spiro atoms. The Morgan fingerprint density at radius 1 is 0.324 bits per heavy atom. The Bertz CT molecular complexity index is 1700. The molecule has 16 N–H and O–H groups in total. The minimum atomic E-state index is -2.17. The van der Waals surface area contributed by atoms with Crippen molar-refractivity contribution in [2.75, 3.05) is 52.9 Å². The van der Waals surface area contributed by atoms with Gasteiger partial charge in [-0.1, -0.05) is 0 Å². The van der Waals surface area contributed by atoms with Gasteiger partial charge >= 0.3 is 0 Å². The van der Waals surface area contributed by atoms with E-state index in [0.29, 0.717) is 0 Å². The van der Waals surface area contributed by atoms with Crippen LogP contribution >= 0.6 is 0 Å². The van der Waals surface area contributed by atoms with Crippen molar-refractivity contribution < 1.29 is 153 Å². The van der Waals surface area contributed by atoms with Crippen LogP contribution in [-0.2, 0) is 71.1 Å². The molecule has 12 aliphatic rings. The Hall–Kier alpha value is -1.53. The maximum absolute atomic E-state index is 13.1. The smallest absolute Gasteiger partial charge is 0.187 e. The number of ketones is 1. The number of ether oxygens (including phenoxy) is 14. The second-order valence-electron chi connectivity index (χ2n) is 18.4.